The van der Waals surface area contributed by atoms with E-state index in [1.807, 2.05) is 93.5 Å². The van der Waals surface area contributed by atoms with Crippen LogP contribution in [0.3, 0.4) is 0 Å². The number of nitrogens with two attached hydrogens (primary N) is 1. The van der Waals surface area contributed by atoms with Crippen molar-refractivity contribution in [1.29, 1.82) is 0 Å². The van der Waals surface area contributed by atoms with Crippen molar-refractivity contribution in [2.75, 3.05) is 19.0 Å². The van der Waals surface area contributed by atoms with Gasteiger partial charge in [-0.15, -0.1) is 0 Å². The minimum absolute atomic E-state index is 0.0225. The van der Waals surface area contributed by atoms with Gasteiger partial charge >= 0.3 is 0 Å². The molecule has 5 heteroatoms. The number of phenolic OH excluding ortho intramolecular Hbond substituents is 1. The molecule has 0 aliphatic rings. The molecule has 0 atom stereocenters. The molecule has 3 N–H and O–H groups in total. The molecular formula is C25H30N2O3. The van der Waals surface area contributed by atoms with Gasteiger partial charge in [0.2, 0.25) is 6.41 Å². The molecule has 0 heterocycles. The summed E-state index contributed by atoms with van der Waals surface area (Å²) in [6.45, 7) is 5.55. The van der Waals surface area contributed by atoms with Crippen LogP contribution in [0.25, 0.3) is 22.3 Å². The van der Waals surface area contributed by atoms with Crippen LogP contribution in [0.15, 0.2) is 66.7 Å². The van der Waals surface area contributed by atoms with Crippen LogP contribution in [0.2, 0.25) is 0 Å². The maximum atomic E-state index is 12.1. The number of carbonyl (C=O) groups is 2. The van der Waals surface area contributed by atoms with Crippen molar-refractivity contribution in [2.24, 2.45) is 5.73 Å². The van der Waals surface area contributed by atoms with Crippen LogP contribution in [0.1, 0.15) is 31.1 Å². The van der Waals surface area contributed by atoms with Gasteiger partial charge in [0, 0.05) is 37.0 Å². The summed E-state index contributed by atoms with van der Waals surface area (Å²) in [5.74, 6) is 0.143. The van der Waals surface area contributed by atoms with Crippen LogP contribution in [-0.2, 0) is 4.79 Å². The molecule has 0 bridgehead atoms. The van der Waals surface area contributed by atoms with Crippen LogP contribution in [0.5, 0.6) is 5.75 Å². The number of ketones is 1. The number of rotatable bonds is 4. The number of anilines is 1. The highest BCUT2D eigenvalue weighted by atomic mass is 16.3. The number of primary amides is 1. The number of Topliss-reactive ketones (excluding diaryl/α,β-unsaturated/α-hetero) is 1. The second-order valence-electron chi connectivity index (χ2n) is 6.41. The fourth-order valence-electron chi connectivity index (χ4n) is 2.91. The van der Waals surface area contributed by atoms with E-state index in [1.165, 1.54) is 0 Å². The number of aromatic hydroxyl groups is 1. The predicted octanol–water partition coefficient (Wildman–Crippen LogP) is 5.12. The molecule has 0 fully saturated rings. The van der Waals surface area contributed by atoms with Crippen LogP contribution < -0.4 is 10.6 Å². The smallest absolute Gasteiger partial charge is 0.204 e. The predicted molar refractivity (Wildman–Crippen MR) is 125 cm³/mol. The second-order valence-corrected chi connectivity index (χ2v) is 6.41. The molecule has 0 unspecified atom stereocenters. The molecule has 0 aliphatic heterocycles. The minimum Gasteiger partial charge on any atom is -0.507 e. The lowest BCUT2D eigenvalue weighted by molar-refractivity contribution is -0.106. The number of carbonyl (C=O) groups excluding carboxylic acids is 2. The number of hydrogen-bond acceptors (Lipinski definition) is 4. The molecule has 0 radical (unpaired) electrons. The number of hydrogen-bond donors (Lipinski definition) is 2. The summed E-state index contributed by atoms with van der Waals surface area (Å²) in [5, 5.41) is 10.5. The topological polar surface area (TPSA) is 83.6 Å². The van der Waals surface area contributed by atoms with Gasteiger partial charge in [-0.25, -0.2) is 0 Å². The van der Waals surface area contributed by atoms with Crippen molar-refractivity contribution in [1.82, 2.24) is 0 Å². The van der Waals surface area contributed by atoms with Gasteiger partial charge in [-0.05, 0) is 41.8 Å². The Kier molecular flexibility index (Phi) is 9.83. The van der Waals surface area contributed by atoms with Gasteiger partial charge in [0.05, 0.1) is 0 Å². The van der Waals surface area contributed by atoms with Crippen LogP contribution in [0, 0.1) is 0 Å². The molecule has 0 saturated heterocycles. The standard InChI is InChI=1S/C22H21NO2.C2H6.CH3NO/c1-15(24)19-11-9-17(16-7-5-4-6-8-16)13-21(19)20-12-10-18(23(2)3)14-22(20)25;1-2;2-1-3/h4-14,25H,1-3H3;1-2H3;1H,(H2,2,3). The number of amides is 1. The molecule has 0 saturated carbocycles. The van der Waals surface area contributed by atoms with Crippen LogP contribution >= 0.6 is 0 Å². The van der Waals surface area contributed by atoms with E-state index in [-0.39, 0.29) is 17.9 Å². The molecule has 0 spiro atoms. The van der Waals surface area contributed by atoms with Gasteiger partial charge < -0.3 is 15.7 Å². The highest BCUT2D eigenvalue weighted by Gasteiger charge is 2.15. The van der Waals surface area contributed by atoms with Gasteiger partial charge in [0.1, 0.15) is 5.75 Å². The van der Waals surface area contributed by atoms with E-state index >= 15 is 0 Å². The van der Waals surface area contributed by atoms with Crippen molar-refractivity contribution in [3.05, 3.63) is 72.3 Å². The summed E-state index contributed by atoms with van der Waals surface area (Å²) in [6.07, 6.45) is 0.250. The van der Waals surface area contributed by atoms with E-state index in [9.17, 15) is 9.90 Å². The Morgan fingerprint density at radius 1 is 0.900 bits per heavy atom. The maximum Gasteiger partial charge on any atom is 0.204 e. The zero-order valence-corrected chi connectivity index (χ0v) is 18.2. The molecule has 0 aliphatic carbocycles. The summed E-state index contributed by atoms with van der Waals surface area (Å²) in [4.78, 5) is 22.6. The third kappa shape index (κ3) is 6.21. The van der Waals surface area contributed by atoms with E-state index < -0.39 is 0 Å². The Bertz CT molecular complexity index is 967. The van der Waals surface area contributed by atoms with Gasteiger partial charge in [0.15, 0.2) is 5.78 Å². The first-order valence-corrected chi connectivity index (χ1v) is 9.75. The first-order valence-electron chi connectivity index (χ1n) is 9.75. The van der Waals surface area contributed by atoms with Gasteiger partial charge in [-0.3, -0.25) is 9.59 Å². The number of phenols is 1. The minimum atomic E-state index is -0.0225. The molecule has 5 nitrogen and oxygen atoms in total. The third-order valence-corrected chi connectivity index (χ3v) is 4.29. The lowest BCUT2D eigenvalue weighted by atomic mass is 9.92. The van der Waals surface area contributed by atoms with Crippen LogP contribution in [0.4, 0.5) is 5.69 Å². The summed E-state index contributed by atoms with van der Waals surface area (Å²) in [5.41, 5.74) is 9.17. The lowest BCUT2D eigenvalue weighted by Crippen LogP contribution is -2.08. The van der Waals surface area contributed by atoms with E-state index in [2.05, 4.69) is 5.73 Å². The Balaban J connectivity index is 0.000000826. The normalized spacial score (nSPS) is 9.37. The largest absolute Gasteiger partial charge is 0.507 e. The first kappa shape index (κ1) is 24.4. The molecule has 3 aromatic carbocycles. The molecule has 30 heavy (non-hydrogen) atoms. The molecule has 158 valence electrons. The van der Waals surface area contributed by atoms with Crippen molar-refractivity contribution >= 4 is 17.9 Å². The Hall–Kier alpha value is -3.60. The summed E-state index contributed by atoms with van der Waals surface area (Å²) in [6, 6.07) is 21.3. The quantitative estimate of drug-likeness (QED) is 0.465. The van der Waals surface area contributed by atoms with Crippen molar-refractivity contribution < 1.29 is 14.7 Å². The van der Waals surface area contributed by atoms with E-state index in [1.54, 1.807) is 13.0 Å². The third-order valence-electron chi connectivity index (χ3n) is 4.29. The summed E-state index contributed by atoms with van der Waals surface area (Å²) >= 11 is 0. The Labute approximate surface area is 178 Å². The van der Waals surface area contributed by atoms with E-state index in [0.717, 1.165) is 22.4 Å². The average molecular weight is 407 g/mol. The van der Waals surface area contributed by atoms with Crippen molar-refractivity contribution in [3.8, 4) is 28.0 Å². The first-order chi connectivity index (χ1) is 14.4. The number of benzene rings is 3. The molecule has 1 amide bonds. The molecule has 0 aromatic heterocycles. The maximum absolute atomic E-state index is 12.1. The second kappa shape index (κ2) is 12.1. The van der Waals surface area contributed by atoms with Crippen molar-refractivity contribution in [2.45, 2.75) is 20.8 Å². The summed E-state index contributed by atoms with van der Waals surface area (Å²) < 4.78 is 0. The van der Waals surface area contributed by atoms with Crippen molar-refractivity contribution in [3.63, 3.8) is 0 Å². The van der Waals surface area contributed by atoms with Gasteiger partial charge in [-0.2, -0.15) is 0 Å². The summed E-state index contributed by atoms with van der Waals surface area (Å²) in [7, 11) is 3.84. The van der Waals surface area contributed by atoms with Gasteiger partial charge in [-0.1, -0.05) is 56.3 Å². The highest BCUT2D eigenvalue weighted by Crippen LogP contribution is 2.37. The SMILES string of the molecule is CC.CC(=O)c1ccc(-c2ccccc2)cc1-c1ccc(N(C)C)cc1O.NC=O. The fourth-order valence-corrected chi connectivity index (χ4v) is 2.91. The molecule has 3 rings (SSSR count). The zero-order valence-electron chi connectivity index (χ0n) is 18.2. The fraction of sp³-hybridized carbons (Fsp3) is 0.200. The highest BCUT2D eigenvalue weighted by molar-refractivity contribution is 6.02. The molecular weight excluding hydrogens is 376 g/mol. The zero-order chi connectivity index (χ0) is 22.7. The Morgan fingerprint density at radius 2 is 1.50 bits per heavy atom. The molecule has 3 aromatic rings. The lowest BCUT2D eigenvalue weighted by Gasteiger charge is -2.16. The van der Waals surface area contributed by atoms with Gasteiger partial charge in [0.25, 0.3) is 0 Å². The van der Waals surface area contributed by atoms with E-state index in [0.29, 0.717) is 11.1 Å². The average Bonchev–Trinajstić information content (AvgIpc) is 2.75. The van der Waals surface area contributed by atoms with Crippen LogP contribution in [-0.4, -0.2) is 31.4 Å². The monoisotopic (exact) mass is 406 g/mol. The van der Waals surface area contributed by atoms with E-state index in [4.69, 9.17) is 4.79 Å². The Morgan fingerprint density at radius 3 is 2.00 bits per heavy atom. The number of nitrogens with zero attached hydrogens (tertiary/aromatic N) is 1.